The minimum atomic E-state index is 0.425. The Labute approximate surface area is 101 Å². The van der Waals surface area contributed by atoms with Crippen molar-refractivity contribution in [1.29, 1.82) is 5.26 Å². The number of anilines is 1. The molecule has 84 valence electrons. The van der Waals surface area contributed by atoms with Crippen LogP contribution in [-0.2, 0) is 0 Å². The molecular formula is C14H14N3+. The highest BCUT2D eigenvalue weighted by atomic mass is 14.8. The number of hydrogen-bond acceptors (Lipinski definition) is 2. The summed E-state index contributed by atoms with van der Waals surface area (Å²) in [5.74, 6) is 0.425. The molecule has 0 aliphatic heterocycles. The number of nitriles is 1. The fraction of sp³-hybridized carbons (Fsp3) is 0.143. The van der Waals surface area contributed by atoms with Gasteiger partial charge in [0.1, 0.15) is 17.3 Å². The number of nitrogens with two attached hydrogens (primary N) is 1. The third kappa shape index (κ3) is 1.85. The van der Waals surface area contributed by atoms with E-state index in [9.17, 15) is 5.26 Å². The normalized spacial score (nSPS) is 9.94. The molecular weight excluding hydrogens is 210 g/mol. The molecule has 0 saturated carbocycles. The quantitative estimate of drug-likeness (QED) is 0.807. The molecule has 3 nitrogen and oxygen atoms in total. The molecule has 1 aromatic heterocycles. The SMILES string of the molecule is Cc1[nH+]c(N)c(C#N)c(-c2ccccc2)c1C. The van der Waals surface area contributed by atoms with E-state index < -0.39 is 0 Å². The molecule has 0 fully saturated rings. The van der Waals surface area contributed by atoms with Gasteiger partial charge in [-0.05, 0) is 19.4 Å². The van der Waals surface area contributed by atoms with E-state index in [2.05, 4.69) is 11.1 Å². The van der Waals surface area contributed by atoms with E-state index in [1.165, 1.54) is 0 Å². The lowest BCUT2D eigenvalue weighted by atomic mass is 9.95. The number of nitrogen functional groups attached to an aromatic ring is 1. The second-order valence-corrected chi connectivity index (χ2v) is 4.02. The summed E-state index contributed by atoms with van der Waals surface area (Å²) in [5.41, 5.74) is 10.4. The van der Waals surface area contributed by atoms with Crippen LogP contribution < -0.4 is 10.7 Å². The van der Waals surface area contributed by atoms with Crippen LogP contribution in [0.5, 0.6) is 0 Å². The van der Waals surface area contributed by atoms with E-state index in [0.717, 1.165) is 22.4 Å². The van der Waals surface area contributed by atoms with Crippen molar-refractivity contribution in [3.8, 4) is 17.2 Å². The molecule has 0 bridgehead atoms. The van der Waals surface area contributed by atoms with E-state index in [1.54, 1.807) is 0 Å². The van der Waals surface area contributed by atoms with Crippen molar-refractivity contribution in [2.75, 3.05) is 5.73 Å². The van der Waals surface area contributed by atoms with Gasteiger partial charge < -0.3 is 0 Å². The second kappa shape index (κ2) is 4.26. The summed E-state index contributed by atoms with van der Waals surface area (Å²) >= 11 is 0. The number of benzene rings is 1. The lowest BCUT2D eigenvalue weighted by Gasteiger charge is -2.09. The zero-order valence-corrected chi connectivity index (χ0v) is 9.91. The monoisotopic (exact) mass is 224 g/mol. The predicted octanol–water partition coefficient (Wildman–Crippen LogP) is 2.24. The Morgan fingerprint density at radius 1 is 1.18 bits per heavy atom. The zero-order chi connectivity index (χ0) is 12.4. The molecule has 0 saturated heterocycles. The number of rotatable bonds is 1. The Morgan fingerprint density at radius 3 is 2.41 bits per heavy atom. The Hall–Kier alpha value is -2.34. The fourth-order valence-electron chi connectivity index (χ4n) is 1.95. The summed E-state index contributed by atoms with van der Waals surface area (Å²) in [7, 11) is 0. The van der Waals surface area contributed by atoms with E-state index >= 15 is 0 Å². The molecule has 0 atom stereocenters. The van der Waals surface area contributed by atoms with Gasteiger partial charge in [-0.1, -0.05) is 30.3 Å². The predicted molar refractivity (Wildman–Crippen MR) is 67.0 cm³/mol. The van der Waals surface area contributed by atoms with Crippen LogP contribution in [0.2, 0.25) is 0 Å². The number of H-pyrrole nitrogens is 1. The lowest BCUT2D eigenvalue weighted by molar-refractivity contribution is -0.370. The van der Waals surface area contributed by atoms with Crippen LogP contribution in [0.15, 0.2) is 30.3 Å². The molecule has 0 aliphatic carbocycles. The van der Waals surface area contributed by atoms with Crippen molar-refractivity contribution in [3.63, 3.8) is 0 Å². The molecule has 0 radical (unpaired) electrons. The van der Waals surface area contributed by atoms with E-state index in [-0.39, 0.29) is 0 Å². The highest BCUT2D eigenvalue weighted by Crippen LogP contribution is 2.29. The maximum absolute atomic E-state index is 9.23. The zero-order valence-electron chi connectivity index (χ0n) is 9.91. The molecule has 2 aromatic rings. The van der Waals surface area contributed by atoms with Crippen molar-refractivity contribution in [2.24, 2.45) is 0 Å². The van der Waals surface area contributed by atoms with Crippen LogP contribution in [0.4, 0.5) is 5.82 Å². The van der Waals surface area contributed by atoms with Gasteiger partial charge in [-0.2, -0.15) is 5.26 Å². The highest BCUT2D eigenvalue weighted by Gasteiger charge is 2.18. The van der Waals surface area contributed by atoms with Crippen LogP contribution in [0, 0.1) is 25.2 Å². The number of aromatic amines is 1. The first-order chi connectivity index (χ1) is 8.15. The Balaban J connectivity index is 2.81. The lowest BCUT2D eigenvalue weighted by Crippen LogP contribution is -2.18. The third-order valence-corrected chi connectivity index (χ3v) is 2.95. The average molecular weight is 224 g/mol. The minimum absolute atomic E-state index is 0.425. The topological polar surface area (TPSA) is 63.9 Å². The Bertz CT molecular complexity index is 595. The molecule has 2 rings (SSSR count). The summed E-state index contributed by atoms with van der Waals surface area (Å²) in [6.07, 6.45) is 0. The van der Waals surface area contributed by atoms with Crippen molar-refractivity contribution < 1.29 is 4.98 Å². The molecule has 0 unspecified atom stereocenters. The summed E-state index contributed by atoms with van der Waals surface area (Å²) < 4.78 is 0. The highest BCUT2D eigenvalue weighted by molar-refractivity contribution is 5.77. The Morgan fingerprint density at radius 2 is 1.82 bits per heavy atom. The summed E-state index contributed by atoms with van der Waals surface area (Å²) in [4.78, 5) is 3.02. The van der Waals surface area contributed by atoms with Gasteiger partial charge in [-0.15, -0.1) is 0 Å². The van der Waals surface area contributed by atoms with Gasteiger partial charge in [-0.3, -0.25) is 5.73 Å². The van der Waals surface area contributed by atoms with Gasteiger partial charge in [0, 0.05) is 11.1 Å². The van der Waals surface area contributed by atoms with Gasteiger partial charge in [0.05, 0.1) is 0 Å². The van der Waals surface area contributed by atoms with E-state index in [1.807, 2.05) is 44.2 Å². The van der Waals surface area contributed by atoms with Gasteiger partial charge in [0.2, 0.25) is 0 Å². The Kier molecular flexibility index (Phi) is 2.80. The number of aryl methyl sites for hydroxylation is 1. The largest absolute Gasteiger partial charge is 0.289 e. The summed E-state index contributed by atoms with van der Waals surface area (Å²) in [6.45, 7) is 3.95. The van der Waals surface area contributed by atoms with Crippen molar-refractivity contribution in [1.82, 2.24) is 0 Å². The van der Waals surface area contributed by atoms with Crippen LogP contribution in [0.3, 0.4) is 0 Å². The molecule has 0 amide bonds. The first-order valence-electron chi connectivity index (χ1n) is 5.42. The smallest absolute Gasteiger partial charge is 0.286 e. The number of nitrogens with zero attached hydrogens (tertiary/aromatic N) is 1. The number of aromatic nitrogens is 1. The van der Waals surface area contributed by atoms with E-state index in [0.29, 0.717) is 11.4 Å². The van der Waals surface area contributed by atoms with Gasteiger partial charge in [0.25, 0.3) is 5.82 Å². The average Bonchev–Trinajstić information content (AvgIpc) is 2.34. The molecule has 17 heavy (non-hydrogen) atoms. The summed E-state index contributed by atoms with van der Waals surface area (Å²) in [6, 6.07) is 12.0. The number of nitrogens with one attached hydrogen (secondary N) is 1. The number of hydrogen-bond donors (Lipinski definition) is 1. The van der Waals surface area contributed by atoms with Crippen molar-refractivity contribution in [3.05, 3.63) is 47.2 Å². The van der Waals surface area contributed by atoms with Crippen molar-refractivity contribution in [2.45, 2.75) is 13.8 Å². The maximum atomic E-state index is 9.23. The molecule has 1 aromatic carbocycles. The van der Waals surface area contributed by atoms with Crippen LogP contribution in [0.25, 0.3) is 11.1 Å². The standard InChI is InChI=1S/C14H13N3/c1-9-10(2)17-14(16)12(8-15)13(9)11-6-4-3-5-7-11/h3-7H,1-2H3,(H2,16,17)/p+1. The first kappa shape index (κ1) is 11.2. The third-order valence-electron chi connectivity index (χ3n) is 2.95. The maximum Gasteiger partial charge on any atom is 0.289 e. The van der Waals surface area contributed by atoms with Gasteiger partial charge in [-0.25, -0.2) is 4.98 Å². The molecule has 0 aliphatic rings. The minimum Gasteiger partial charge on any atom is -0.286 e. The van der Waals surface area contributed by atoms with Gasteiger partial charge in [0.15, 0.2) is 0 Å². The molecule has 1 heterocycles. The molecule has 0 spiro atoms. The van der Waals surface area contributed by atoms with Crippen LogP contribution >= 0.6 is 0 Å². The summed E-state index contributed by atoms with van der Waals surface area (Å²) in [5, 5.41) is 9.23. The molecule has 3 heteroatoms. The fourth-order valence-corrected chi connectivity index (χ4v) is 1.95. The van der Waals surface area contributed by atoms with E-state index in [4.69, 9.17) is 5.73 Å². The number of pyridine rings is 1. The first-order valence-corrected chi connectivity index (χ1v) is 5.42. The van der Waals surface area contributed by atoms with Gasteiger partial charge >= 0.3 is 0 Å². The second-order valence-electron chi connectivity index (χ2n) is 4.02. The van der Waals surface area contributed by atoms with Crippen LogP contribution in [0.1, 0.15) is 16.8 Å². The van der Waals surface area contributed by atoms with Crippen LogP contribution in [-0.4, -0.2) is 0 Å². The van der Waals surface area contributed by atoms with Crippen molar-refractivity contribution >= 4 is 5.82 Å². The molecule has 3 N–H and O–H groups in total.